The van der Waals surface area contributed by atoms with Crippen LogP contribution in [-0.2, 0) is 0 Å². The van der Waals surface area contributed by atoms with Crippen molar-refractivity contribution >= 4 is 5.91 Å². The average Bonchev–Trinajstić information content (AvgIpc) is 2.96. The van der Waals surface area contributed by atoms with E-state index in [0.29, 0.717) is 11.5 Å². The highest BCUT2D eigenvalue weighted by Gasteiger charge is 2.44. The van der Waals surface area contributed by atoms with Crippen molar-refractivity contribution < 1.29 is 9.90 Å². The molecule has 2 aromatic carbocycles. The van der Waals surface area contributed by atoms with Crippen LogP contribution in [0.4, 0.5) is 0 Å². The molecule has 1 heterocycles. The number of carbonyl (C=O) groups is 1. The molecule has 132 valence electrons. The Hall–Kier alpha value is -2.17. The molecule has 25 heavy (non-hydrogen) atoms. The summed E-state index contributed by atoms with van der Waals surface area (Å²) >= 11 is 0. The van der Waals surface area contributed by atoms with E-state index in [9.17, 15) is 9.90 Å². The number of carbonyl (C=O) groups excluding carboxylic acids is 1. The number of nitrogens with two attached hydrogens (primary N) is 1. The molecular formula is C21H26N2O2. The van der Waals surface area contributed by atoms with E-state index in [2.05, 4.69) is 38.1 Å². The van der Waals surface area contributed by atoms with E-state index < -0.39 is 6.04 Å². The van der Waals surface area contributed by atoms with Gasteiger partial charge in [0.25, 0.3) is 5.91 Å². The van der Waals surface area contributed by atoms with E-state index >= 15 is 0 Å². The van der Waals surface area contributed by atoms with Gasteiger partial charge in [0.05, 0.1) is 12.6 Å². The smallest absolute Gasteiger partial charge is 0.254 e. The van der Waals surface area contributed by atoms with Gasteiger partial charge in [-0.3, -0.25) is 4.79 Å². The number of aliphatic hydroxyl groups is 1. The van der Waals surface area contributed by atoms with Crippen LogP contribution in [0.25, 0.3) is 0 Å². The van der Waals surface area contributed by atoms with Crippen LogP contribution >= 0.6 is 0 Å². The lowest BCUT2D eigenvalue weighted by Crippen LogP contribution is -2.45. The number of hydrogen-bond donors (Lipinski definition) is 2. The van der Waals surface area contributed by atoms with Crippen molar-refractivity contribution in [3.8, 4) is 0 Å². The van der Waals surface area contributed by atoms with Crippen molar-refractivity contribution in [1.29, 1.82) is 0 Å². The first-order valence-electron chi connectivity index (χ1n) is 8.78. The standard InChI is InChI=1S/C21H26N2O2/c1-21(2)18(15-7-4-3-5-8-15)11-12-23(21)20(25)17-10-6-9-16(13-17)19(22)14-24/h3-10,13,18-19,24H,11-12,14,22H2,1-2H3. The summed E-state index contributed by atoms with van der Waals surface area (Å²) in [6.07, 6.45) is 0.957. The van der Waals surface area contributed by atoms with Gasteiger partial charge in [0.2, 0.25) is 0 Å². The molecule has 3 rings (SSSR count). The van der Waals surface area contributed by atoms with E-state index in [-0.39, 0.29) is 18.1 Å². The van der Waals surface area contributed by atoms with E-state index in [1.165, 1.54) is 5.56 Å². The van der Waals surface area contributed by atoms with Crippen molar-refractivity contribution in [1.82, 2.24) is 4.90 Å². The number of benzene rings is 2. The summed E-state index contributed by atoms with van der Waals surface area (Å²) in [6.45, 7) is 4.88. The zero-order valence-electron chi connectivity index (χ0n) is 14.9. The lowest BCUT2D eigenvalue weighted by atomic mass is 9.82. The summed E-state index contributed by atoms with van der Waals surface area (Å²) in [6, 6.07) is 17.2. The summed E-state index contributed by atoms with van der Waals surface area (Å²) in [5.41, 5.74) is 8.32. The fraction of sp³-hybridized carbons (Fsp3) is 0.381. The van der Waals surface area contributed by atoms with Crippen molar-refractivity contribution in [2.45, 2.75) is 37.8 Å². The summed E-state index contributed by atoms with van der Waals surface area (Å²) in [5, 5.41) is 9.25. The van der Waals surface area contributed by atoms with Gasteiger partial charge in [-0.15, -0.1) is 0 Å². The van der Waals surface area contributed by atoms with E-state index in [4.69, 9.17) is 5.73 Å². The molecule has 2 atom stereocenters. The van der Waals surface area contributed by atoms with Gasteiger partial charge >= 0.3 is 0 Å². The van der Waals surface area contributed by atoms with Gasteiger partial charge < -0.3 is 15.7 Å². The number of aliphatic hydroxyl groups excluding tert-OH is 1. The van der Waals surface area contributed by atoms with Gasteiger partial charge in [0, 0.05) is 23.6 Å². The molecule has 0 bridgehead atoms. The lowest BCUT2D eigenvalue weighted by Gasteiger charge is -2.36. The van der Waals surface area contributed by atoms with Crippen LogP contribution < -0.4 is 5.73 Å². The predicted molar refractivity (Wildman–Crippen MR) is 99.4 cm³/mol. The molecule has 0 aromatic heterocycles. The predicted octanol–water partition coefficient (Wildman–Crippen LogP) is 3.09. The molecule has 1 amide bonds. The van der Waals surface area contributed by atoms with Crippen LogP contribution in [0.3, 0.4) is 0 Å². The topological polar surface area (TPSA) is 66.6 Å². The highest BCUT2D eigenvalue weighted by atomic mass is 16.3. The molecule has 1 aliphatic rings. The zero-order chi connectivity index (χ0) is 18.0. The Bertz CT molecular complexity index is 743. The van der Waals surface area contributed by atoms with Crippen LogP contribution in [0, 0.1) is 0 Å². The third-order valence-electron chi connectivity index (χ3n) is 5.40. The van der Waals surface area contributed by atoms with Crippen LogP contribution in [0.2, 0.25) is 0 Å². The largest absolute Gasteiger partial charge is 0.394 e. The molecule has 0 spiro atoms. The van der Waals surface area contributed by atoms with Crippen LogP contribution in [0.5, 0.6) is 0 Å². The summed E-state index contributed by atoms with van der Waals surface area (Å²) in [5.74, 6) is 0.343. The minimum Gasteiger partial charge on any atom is -0.394 e. The Morgan fingerprint density at radius 1 is 1.24 bits per heavy atom. The van der Waals surface area contributed by atoms with Crippen LogP contribution in [0.15, 0.2) is 54.6 Å². The maximum absolute atomic E-state index is 13.1. The van der Waals surface area contributed by atoms with Gasteiger partial charge in [-0.25, -0.2) is 0 Å². The summed E-state index contributed by atoms with van der Waals surface area (Å²) < 4.78 is 0. The molecule has 4 heteroatoms. The van der Waals surface area contributed by atoms with Crippen molar-refractivity contribution in [3.63, 3.8) is 0 Å². The molecule has 1 saturated heterocycles. The maximum Gasteiger partial charge on any atom is 0.254 e. The van der Waals surface area contributed by atoms with E-state index in [1.54, 1.807) is 6.07 Å². The molecule has 0 saturated carbocycles. The van der Waals surface area contributed by atoms with Crippen LogP contribution in [-0.4, -0.2) is 34.6 Å². The maximum atomic E-state index is 13.1. The molecule has 2 aromatic rings. The van der Waals surface area contributed by atoms with E-state index in [0.717, 1.165) is 18.5 Å². The SMILES string of the molecule is CC1(C)C(c2ccccc2)CCN1C(=O)c1cccc(C(N)CO)c1. The van der Waals surface area contributed by atoms with E-state index in [1.807, 2.05) is 29.2 Å². The quantitative estimate of drug-likeness (QED) is 0.900. The first-order valence-corrected chi connectivity index (χ1v) is 8.78. The number of hydrogen-bond acceptors (Lipinski definition) is 3. The summed E-state index contributed by atoms with van der Waals surface area (Å²) in [7, 11) is 0. The highest BCUT2D eigenvalue weighted by molar-refractivity contribution is 5.95. The fourth-order valence-electron chi connectivity index (χ4n) is 3.87. The normalized spacial score (nSPS) is 20.5. The molecule has 0 radical (unpaired) electrons. The number of likely N-dealkylation sites (tertiary alicyclic amines) is 1. The highest BCUT2D eigenvalue weighted by Crippen LogP contribution is 2.42. The molecule has 1 aliphatic heterocycles. The minimum atomic E-state index is -0.462. The van der Waals surface area contributed by atoms with Gasteiger partial charge in [0.15, 0.2) is 0 Å². The Kier molecular flexibility index (Phi) is 4.93. The second-order valence-corrected chi connectivity index (χ2v) is 7.28. The van der Waals surface area contributed by atoms with Gasteiger partial charge in [-0.2, -0.15) is 0 Å². The monoisotopic (exact) mass is 338 g/mol. The number of amides is 1. The Balaban J connectivity index is 1.86. The molecule has 4 nitrogen and oxygen atoms in total. The van der Waals surface area contributed by atoms with Gasteiger partial charge in [0.1, 0.15) is 0 Å². The molecule has 0 aliphatic carbocycles. The molecular weight excluding hydrogens is 312 g/mol. The molecule has 1 fully saturated rings. The fourth-order valence-corrected chi connectivity index (χ4v) is 3.87. The first-order chi connectivity index (χ1) is 11.9. The Morgan fingerprint density at radius 2 is 1.96 bits per heavy atom. The number of rotatable bonds is 4. The Labute approximate surface area is 149 Å². The zero-order valence-corrected chi connectivity index (χ0v) is 14.9. The minimum absolute atomic E-state index is 0.0235. The van der Waals surface area contributed by atoms with Crippen LogP contribution in [0.1, 0.15) is 53.7 Å². The van der Waals surface area contributed by atoms with Crippen molar-refractivity contribution in [2.24, 2.45) is 5.73 Å². The third kappa shape index (κ3) is 3.32. The van der Waals surface area contributed by atoms with Gasteiger partial charge in [-0.05, 0) is 43.5 Å². The Morgan fingerprint density at radius 3 is 2.64 bits per heavy atom. The molecule has 2 unspecified atom stereocenters. The lowest BCUT2D eigenvalue weighted by molar-refractivity contribution is 0.0635. The second kappa shape index (κ2) is 6.98. The first kappa shape index (κ1) is 17.6. The average molecular weight is 338 g/mol. The van der Waals surface area contributed by atoms with Gasteiger partial charge in [-0.1, -0.05) is 42.5 Å². The van der Waals surface area contributed by atoms with Crippen molar-refractivity contribution in [2.75, 3.05) is 13.2 Å². The molecule has 3 N–H and O–H groups in total. The second-order valence-electron chi connectivity index (χ2n) is 7.28. The summed E-state index contributed by atoms with van der Waals surface area (Å²) in [4.78, 5) is 15.1. The van der Waals surface area contributed by atoms with Crippen molar-refractivity contribution in [3.05, 3.63) is 71.3 Å². The third-order valence-corrected chi connectivity index (χ3v) is 5.40. The number of nitrogens with zero attached hydrogens (tertiary/aromatic N) is 1.